The first-order valence-electron chi connectivity index (χ1n) is 4.95. The SMILES string of the molecule is CC1C(=O)C(CS(C)(=O)=O)C(C)C1C. The number of hydrogen-bond acceptors (Lipinski definition) is 3. The summed E-state index contributed by atoms with van der Waals surface area (Å²) in [5, 5.41) is 0. The molecule has 0 spiro atoms. The van der Waals surface area contributed by atoms with Crippen molar-refractivity contribution >= 4 is 15.6 Å². The Kier molecular flexibility index (Phi) is 3.04. The quantitative estimate of drug-likeness (QED) is 0.698. The minimum Gasteiger partial charge on any atom is -0.299 e. The van der Waals surface area contributed by atoms with Crippen LogP contribution in [0, 0.1) is 23.7 Å². The fourth-order valence-corrected chi connectivity index (χ4v) is 3.36. The molecule has 0 heterocycles. The Morgan fingerprint density at radius 2 is 1.64 bits per heavy atom. The van der Waals surface area contributed by atoms with Gasteiger partial charge in [-0.1, -0.05) is 20.8 Å². The Balaban J connectivity index is 2.86. The zero-order valence-corrected chi connectivity index (χ0v) is 9.97. The van der Waals surface area contributed by atoms with E-state index in [2.05, 4.69) is 0 Å². The number of sulfone groups is 1. The van der Waals surface area contributed by atoms with Gasteiger partial charge in [0, 0.05) is 18.1 Å². The van der Waals surface area contributed by atoms with E-state index in [1.165, 1.54) is 6.26 Å². The van der Waals surface area contributed by atoms with Crippen LogP contribution >= 0.6 is 0 Å². The number of hydrogen-bond donors (Lipinski definition) is 0. The second-order valence-electron chi connectivity index (χ2n) is 4.61. The second kappa shape index (κ2) is 3.65. The van der Waals surface area contributed by atoms with E-state index in [0.717, 1.165) is 0 Å². The molecule has 4 atom stereocenters. The molecule has 0 aromatic heterocycles. The molecule has 1 rings (SSSR count). The third-order valence-corrected chi connectivity index (χ3v) is 4.51. The normalized spacial score (nSPS) is 39.0. The van der Waals surface area contributed by atoms with Crippen LogP contribution in [-0.2, 0) is 14.6 Å². The average molecular weight is 218 g/mol. The zero-order chi connectivity index (χ0) is 11.1. The predicted molar refractivity (Wildman–Crippen MR) is 55.7 cm³/mol. The molecule has 1 fully saturated rings. The van der Waals surface area contributed by atoms with Crippen molar-refractivity contribution in [2.75, 3.05) is 12.0 Å². The number of ketones is 1. The molecule has 0 aromatic rings. The first kappa shape index (κ1) is 11.7. The van der Waals surface area contributed by atoms with Gasteiger partial charge in [-0.15, -0.1) is 0 Å². The van der Waals surface area contributed by atoms with Crippen molar-refractivity contribution in [3.8, 4) is 0 Å². The Morgan fingerprint density at radius 1 is 1.14 bits per heavy atom. The third kappa shape index (κ3) is 2.16. The summed E-state index contributed by atoms with van der Waals surface area (Å²) in [7, 11) is -3.04. The van der Waals surface area contributed by atoms with Gasteiger partial charge < -0.3 is 0 Å². The Morgan fingerprint density at radius 3 is 1.93 bits per heavy atom. The zero-order valence-electron chi connectivity index (χ0n) is 9.15. The second-order valence-corrected chi connectivity index (χ2v) is 6.79. The number of carbonyl (C=O) groups is 1. The topological polar surface area (TPSA) is 51.2 Å². The molecule has 82 valence electrons. The van der Waals surface area contributed by atoms with Crippen molar-refractivity contribution < 1.29 is 13.2 Å². The standard InChI is InChI=1S/C10H18O3S/c1-6-7(2)9(5-14(4,12)13)10(11)8(6)3/h6-9H,5H2,1-4H3. The lowest BCUT2D eigenvalue weighted by Gasteiger charge is -2.15. The van der Waals surface area contributed by atoms with Crippen LogP contribution in [0.25, 0.3) is 0 Å². The molecule has 0 aliphatic heterocycles. The van der Waals surface area contributed by atoms with E-state index < -0.39 is 9.84 Å². The predicted octanol–water partition coefficient (Wildman–Crippen LogP) is 1.14. The van der Waals surface area contributed by atoms with E-state index in [0.29, 0.717) is 5.92 Å². The van der Waals surface area contributed by atoms with Crippen LogP contribution < -0.4 is 0 Å². The van der Waals surface area contributed by atoms with Crippen LogP contribution in [0.4, 0.5) is 0 Å². The molecule has 0 N–H and O–H groups in total. The molecule has 4 heteroatoms. The van der Waals surface area contributed by atoms with Crippen LogP contribution in [0.2, 0.25) is 0 Å². The monoisotopic (exact) mass is 218 g/mol. The first-order chi connectivity index (χ1) is 6.24. The van der Waals surface area contributed by atoms with Gasteiger partial charge in [-0.3, -0.25) is 4.79 Å². The van der Waals surface area contributed by atoms with Gasteiger partial charge in [0.25, 0.3) is 0 Å². The van der Waals surface area contributed by atoms with Crippen molar-refractivity contribution in [3.63, 3.8) is 0 Å². The van der Waals surface area contributed by atoms with E-state index in [9.17, 15) is 13.2 Å². The molecule has 1 aliphatic rings. The molecule has 3 nitrogen and oxygen atoms in total. The van der Waals surface area contributed by atoms with Crippen molar-refractivity contribution in [3.05, 3.63) is 0 Å². The minimum atomic E-state index is -3.04. The van der Waals surface area contributed by atoms with Crippen LogP contribution in [0.1, 0.15) is 20.8 Å². The molecule has 0 saturated heterocycles. The van der Waals surface area contributed by atoms with Gasteiger partial charge in [0.2, 0.25) is 0 Å². The van der Waals surface area contributed by atoms with Crippen LogP contribution in [0.15, 0.2) is 0 Å². The lowest BCUT2D eigenvalue weighted by Crippen LogP contribution is -2.24. The molecule has 0 radical (unpaired) electrons. The Bertz CT molecular complexity index is 331. The van der Waals surface area contributed by atoms with Crippen LogP contribution in [0.3, 0.4) is 0 Å². The largest absolute Gasteiger partial charge is 0.299 e. The third-order valence-electron chi connectivity index (χ3n) is 3.55. The summed E-state index contributed by atoms with van der Waals surface area (Å²) in [6, 6.07) is 0. The van der Waals surface area contributed by atoms with Gasteiger partial charge in [0.1, 0.15) is 15.6 Å². The summed E-state index contributed by atoms with van der Waals surface area (Å²) in [6.07, 6.45) is 1.20. The molecule has 0 bridgehead atoms. The van der Waals surface area contributed by atoms with Gasteiger partial charge in [-0.05, 0) is 11.8 Å². The van der Waals surface area contributed by atoms with Gasteiger partial charge in [0.05, 0.1) is 5.75 Å². The fourth-order valence-electron chi connectivity index (χ4n) is 2.24. The van der Waals surface area contributed by atoms with Crippen LogP contribution in [-0.4, -0.2) is 26.2 Å². The van der Waals surface area contributed by atoms with Gasteiger partial charge >= 0.3 is 0 Å². The minimum absolute atomic E-state index is 0.0109. The van der Waals surface area contributed by atoms with Gasteiger partial charge in [-0.25, -0.2) is 8.42 Å². The molecule has 0 aromatic carbocycles. The maximum atomic E-state index is 11.7. The van der Waals surface area contributed by atoms with Crippen LogP contribution in [0.5, 0.6) is 0 Å². The van der Waals surface area contributed by atoms with E-state index in [4.69, 9.17) is 0 Å². The van der Waals surface area contributed by atoms with Crippen molar-refractivity contribution in [2.24, 2.45) is 23.7 Å². The van der Waals surface area contributed by atoms with E-state index in [1.54, 1.807) is 0 Å². The highest BCUT2D eigenvalue weighted by Gasteiger charge is 2.43. The molecule has 1 saturated carbocycles. The van der Waals surface area contributed by atoms with E-state index >= 15 is 0 Å². The summed E-state index contributed by atoms with van der Waals surface area (Å²) in [6.45, 7) is 5.89. The fraction of sp³-hybridized carbons (Fsp3) is 0.900. The Hall–Kier alpha value is -0.380. The smallest absolute Gasteiger partial charge is 0.148 e. The lowest BCUT2D eigenvalue weighted by molar-refractivity contribution is -0.123. The highest BCUT2D eigenvalue weighted by Crippen LogP contribution is 2.38. The van der Waals surface area contributed by atoms with Gasteiger partial charge in [0.15, 0.2) is 0 Å². The summed E-state index contributed by atoms with van der Waals surface area (Å²) in [5.41, 5.74) is 0. The average Bonchev–Trinajstić information content (AvgIpc) is 2.20. The highest BCUT2D eigenvalue weighted by atomic mass is 32.2. The lowest BCUT2D eigenvalue weighted by atomic mass is 9.92. The molecular formula is C10H18O3S. The van der Waals surface area contributed by atoms with Gasteiger partial charge in [-0.2, -0.15) is 0 Å². The summed E-state index contributed by atoms with van der Waals surface area (Å²) in [4.78, 5) is 11.7. The molecule has 14 heavy (non-hydrogen) atoms. The number of Topliss-reactive ketones (excluding diaryl/α,β-unsaturated/α-hetero) is 1. The summed E-state index contributed by atoms with van der Waals surface area (Å²) in [5.74, 6) is 0.352. The highest BCUT2D eigenvalue weighted by molar-refractivity contribution is 7.90. The maximum Gasteiger partial charge on any atom is 0.148 e. The molecule has 1 aliphatic carbocycles. The number of carbonyl (C=O) groups excluding carboxylic acids is 1. The van der Waals surface area contributed by atoms with Crippen molar-refractivity contribution in [1.29, 1.82) is 0 Å². The molecule has 0 amide bonds. The molecule has 4 unspecified atom stereocenters. The van der Waals surface area contributed by atoms with E-state index in [-0.39, 0.29) is 29.3 Å². The number of rotatable bonds is 2. The van der Waals surface area contributed by atoms with Crippen molar-refractivity contribution in [2.45, 2.75) is 20.8 Å². The molecular weight excluding hydrogens is 200 g/mol. The summed E-state index contributed by atoms with van der Waals surface area (Å²) < 4.78 is 22.3. The van der Waals surface area contributed by atoms with Crippen molar-refractivity contribution in [1.82, 2.24) is 0 Å². The Labute approximate surface area is 85.8 Å². The van der Waals surface area contributed by atoms with E-state index in [1.807, 2.05) is 20.8 Å². The summed E-state index contributed by atoms with van der Waals surface area (Å²) >= 11 is 0. The first-order valence-corrected chi connectivity index (χ1v) is 7.01. The maximum absolute atomic E-state index is 11.7.